The van der Waals surface area contributed by atoms with Crippen molar-refractivity contribution in [2.45, 2.75) is 133 Å². The monoisotopic (exact) mass is 728 g/mol. The van der Waals surface area contributed by atoms with Gasteiger partial charge < -0.3 is 41.7 Å². The van der Waals surface area contributed by atoms with Crippen LogP contribution in [0.2, 0.25) is 0 Å². The van der Waals surface area contributed by atoms with Gasteiger partial charge in [0.15, 0.2) is 0 Å². The molecule has 9 atom stereocenters. The van der Waals surface area contributed by atoms with Crippen LogP contribution in [0.5, 0.6) is 5.75 Å². The third-order valence-electron chi connectivity index (χ3n) is 10.8. The molecule has 8 nitrogen and oxygen atoms in total. The molecule has 3 saturated heterocycles. The maximum absolute atomic E-state index is 11.2. The van der Waals surface area contributed by atoms with Gasteiger partial charge in [0.25, 0.3) is 0 Å². The van der Waals surface area contributed by atoms with Crippen molar-refractivity contribution < 1.29 is 20.4 Å². The SMILES string of the molecule is OC1CCCC2CCC[N-]C12.OC1CCCC2CCC[N-]C12.OC1CCCC2CCC[N-]C12.[O-]c1cccc2c1NCC=C2.[Sn+4]. The fourth-order valence-corrected chi connectivity index (χ4v) is 8.50. The zero-order valence-electron chi connectivity index (χ0n) is 27.1. The number of piperidine rings is 3. The van der Waals surface area contributed by atoms with E-state index in [0.717, 1.165) is 56.7 Å². The number of para-hydroxylation sites is 1. The number of rotatable bonds is 0. The second-order valence-electron chi connectivity index (χ2n) is 13.9. The minimum Gasteiger partial charge on any atom is -0.871 e. The van der Waals surface area contributed by atoms with Crippen LogP contribution < -0.4 is 10.4 Å². The number of aliphatic hydroxyl groups is 3. The predicted octanol–water partition coefficient (Wildman–Crippen LogP) is 5.87. The number of hydrogen-bond acceptors (Lipinski definition) is 5. The van der Waals surface area contributed by atoms with Crippen molar-refractivity contribution in [2.75, 3.05) is 31.5 Å². The third-order valence-corrected chi connectivity index (χ3v) is 10.8. The fourth-order valence-electron chi connectivity index (χ4n) is 8.50. The summed E-state index contributed by atoms with van der Waals surface area (Å²) in [6, 6.07) is 6.19. The van der Waals surface area contributed by atoms with Gasteiger partial charge in [-0.15, -0.1) is 37.8 Å². The van der Waals surface area contributed by atoms with Crippen LogP contribution in [0.4, 0.5) is 5.69 Å². The molecule has 0 bridgehead atoms. The summed E-state index contributed by atoms with van der Waals surface area (Å²) in [6.07, 6.45) is 21.7. The number of hydrogen-bond donors (Lipinski definition) is 4. The van der Waals surface area contributed by atoms with E-state index < -0.39 is 0 Å². The van der Waals surface area contributed by atoms with Gasteiger partial charge in [-0.1, -0.05) is 131 Å². The van der Waals surface area contributed by atoms with Crippen LogP contribution in [0.3, 0.4) is 0 Å². The molecule has 248 valence electrons. The van der Waals surface area contributed by atoms with E-state index in [-0.39, 0.29) is 48.0 Å². The Bertz CT molecular complexity index is 949. The summed E-state index contributed by atoms with van der Waals surface area (Å²) < 4.78 is 0. The standard InChI is InChI=1S/3C9H16NO.C9H9NO.Sn/c4*11-8-5-1-3-7-4-2-6-10-9(7)8;/h3*7-9,11H,1-6H2;1-5,10-11H,6H2;/q3*-1;;+4/p-1. The van der Waals surface area contributed by atoms with Crippen LogP contribution in [-0.4, -0.2) is 102 Å². The Morgan fingerprint density at radius 2 is 1.02 bits per heavy atom. The summed E-state index contributed by atoms with van der Waals surface area (Å²) in [4.78, 5) is 0. The van der Waals surface area contributed by atoms with Crippen molar-refractivity contribution in [1.82, 2.24) is 0 Å². The van der Waals surface area contributed by atoms with E-state index in [1.807, 2.05) is 18.2 Å². The Labute approximate surface area is 288 Å². The maximum atomic E-state index is 11.2. The number of nitrogens with one attached hydrogen (secondary N) is 1. The molecule has 0 spiro atoms. The molecule has 8 rings (SSSR count). The van der Waals surface area contributed by atoms with Crippen LogP contribution >= 0.6 is 0 Å². The molecule has 4 aliphatic heterocycles. The average Bonchev–Trinajstić information content (AvgIpc) is 3.07. The average molecular weight is 728 g/mol. The first kappa shape index (κ1) is 36.9. The van der Waals surface area contributed by atoms with Crippen molar-refractivity contribution in [3.8, 4) is 5.75 Å². The summed E-state index contributed by atoms with van der Waals surface area (Å²) in [7, 11) is 0. The molecule has 45 heavy (non-hydrogen) atoms. The van der Waals surface area contributed by atoms with Crippen molar-refractivity contribution >= 4 is 35.7 Å². The number of benzene rings is 1. The van der Waals surface area contributed by atoms with Crippen molar-refractivity contribution in [1.29, 1.82) is 0 Å². The molecule has 3 saturated carbocycles. The van der Waals surface area contributed by atoms with Crippen LogP contribution in [-0.2, 0) is 0 Å². The molecule has 1 aromatic rings. The molecule has 3 aliphatic carbocycles. The van der Waals surface area contributed by atoms with Gasteiger partial charge in [-0.05, 0) is 24.8 Å². The van der Waals surface area contributed by atoms with Gasteiger partial charge in [0, 0.05) is 30.5 Å². The van der Waals surface area contributed by atoms with E-state index in [9.17, 15) is 20.4 Å². The van der Waals surface area contributed by atoms with Gasteiger partial charge in [-0.2, -0.15) is 0 Å². The molecule has 1 aromatic carbocycles. The molecule has 4 heterocycles. The molecule has 6 fully saturated rings. The second kappa shape index (κ2) is 19.2. The largest absolute Gasteiger partial charge is 4.00 e. The predicted molar refractivity (Wildman–Crippen MR) is 183 cm³/mol. The maximum Gasteiger partial charge on any atom is 4.00 e. The van der Waals surface area contributed by atoms with Crippen LogP contribution in [0.1, 0.15) is 102 Å². The zero-order chi connectivity index (χ0) is 30.7. The summed E-state index contributed by atoms with van der Waals surface area (Å²) in [5.41, 5.74) is 1.72. The molecule has 0 amide bonds. The smallest absolute Gasteiger partial charge is 0.871 e. The molecular weight excluding hydrogens is 671 g/mol. The minimum absolute atomic E-state index is 0. The molecule has 9 heteroatoms. The Hall–Kier alpha value is -0.881. The fraction of sp³-hybridized carbons (Fsp3) is 0.778. The van der Waals surface area contributed by atoms with E-state index in [2.05, 4.69) is 21.3 Å². The zero-order valence-corrected chi connectivity index (χ0v) is 30.0. The minimum atomic E-state index is -0.117. The topological polar surface area (TPSA) is 138 Å². The normalized spacial score (nSPS) is 36.4. The molecule has 0 aromatic heterocycles. The molecule has 0 radical (unpaired) electrons. The van der Waals surface area contributed by atoms with Crippen LogP contribution in [0.15, 0.2) is 24.3 Å². The van der Waals surface area contributed by atoms with Crippen molar-refractivity contribution in [3.05, 3.63) is 45.8 Å². The van der Waals surface area contributed by atoms with Gasteiger partial charge in [0.05, 0.1) is 0 Å². The Balaban J connectivity index is 0.000000136. The number of anilines is 1. The summed E-state index contributed by atoms with van der Waals surface area (Å²) in [5.74, 6) is 2.22. The van der Waals surface area contributed by atoms with E-state index in [1.54, 1.807) is 12.1 Å². The molecule has 9 unspecified atom stereocenters. The summed E-state index contributed by atoms with van der Waals surface area (Å²) >= 11 is 0. The van der Waals surface area contributed by atoms with E-state index in [4.69, 9.17) is 0 Å². The van der Waals surface area contributed by atoms with Crippen molar-refractivity contribution in [3.63, 3.8) is 0 Å². The Morgan fingerprint density at radius 3 is 1.42 bits per heavy atom. The summed E-state index contributed by atoms with van der Waals surface area (Å²) in [6.45, 7) is 3.71. The number of aliphatic hydroxyl groups excluding tert-OH is 3. The number of fused-ring (bicyclic) bond motifs is 4. The van der Waals surface area contributed by atoms with Crippen LogP contribution in [0.25, 0.3) is 22.0 Å². The van der Waals surface area contributed by atoms with Gasteiger partial charge in [-0.3, -0.25) is 0 Å². The van der Waals surface area contributed by atoms with E-state index in [0.29, 0.717) is 35.9 Å². The first-order valence-corrected chi connectivity index (χ1v) is 17.8. The first-order valence-electron chi connectivity index (χ1n) is 17.8. The Morgan fingerprint density at radius 1 is 0.600 bits per heavy atom. The van der Waals surface area contributed by atoms with Gasteiger partial charge in [0.2, 0.25) is 0 Å². The second-order valence-corrected chi connectivity index (χ2v) is 13.9. The molecule has 7 aliphatic rings. The number of nitrogens with zero attached hydrogens (tertiary/aromatic N) is 3. The molecular formula is C36H56N4O4Sn. The van der Waals surface area contributed by atoms with Gasteiger partial charge >= 0.3 is 23.9 Å². The van der Waals surface area contributed by atoms with Gasteiger partial charge in [-0.25, -0.2) is 0 Å². The van der Waals surface area contributed by atoms with E-state index in [1.165, 1.54) is 77.0 Å². The van der Waals surface area contributed by atoms with Crippen LogP contribution in [0, 0.1) is 17.8 Å². The Kier molecular flexibility index (Phi) is 15.8. The third kappa shape index (κ3) is 10.6. The van der Waals surface area contributed by atoms with E-state index >= 15 is 0 Å². The van der Waals surface area contributed by atoms with Gasteiger partial charge in [0.1, 0.15) is 0 Å². The first-order chi connectivity index (χ1) is 21.5. The summed E-state index contributed by atoms with van der Waals surface area (Å²) in [5, 5.41) is 56.5. The quantitative estimate of drug-likeness (QED) is 0.248. The van der Waals surface area contributed by atoms with Crippen molar-refractivity contribution in [2.24, 2.45) is 17.8 Å². The molecule has 4 N–H and O–H groups in total.